The Morgan fingerprint density at radius 2 is 1.50 bits per heavy atom. The molecular weight excluding hydrogens is 541 g/mol. The van der Waals surface area contributed by atoms with Crippen molar-refractivity contribution in [2.75, 3.05) is 0 Å². The van der Waals surface area contributed by atoms with E-state index in [1.54, 1.807) is 6.07 Å². The second-order valence-corrected chi connectivity index (χ2v) is 13.7. The average Bonchev–Trinajstić information content (AvgIpc) is 3.44. The molecule has 0 saturated heterocycles. The van der Waals surface area contributed by atoms with Crippen molar-refractivity contribution in [1.82, 2.24) is 0 Å². The van der Waals surface area contributed by atoms with E-state index >= 15 is 4.39 Å². The lowest BCUT2D eigenvalue weighted by molar-refractivity contribution is -0.660. The number of aryl methyl sites for hydroxylation is 2. The Bertz CT molecular complexity index is 1930. The lowest BCUT2D eigenvalue weighted by Crippen LogP contribution is -2.31. The summed E-state index contributed by atoms with van der Waals surface area (Å²) in [7, 11) is 1.96. The van der Waals surface area contributed by atoms with Crippen LogP contribution in [0.3, 0.4) is 0 Å². The van der Waals surface area contributed by atoms with Gasteiger partial charge < -0.3 is 4.42 Å². The molecule has 0 amide bonds. The molecule has 2 nitrogen and oxygen atoms in total. The first-order valence-electron chi connectivity index (χ1n) is 18.2. The first-order chi connectivity index (χ1) is 22.5. The molecule has 0 spiro atoms. The van der Waals surface area contributed by atoms with Gasteiger partial charge in [-0.05, 0) is 97.0 Å². The van der Waals surface area contributed by atoms with E-state index in [1.807, 2.05) is 81.0 Å². The van der Waals surface area contributed by atoms with E-state index in [-0.39, 0.29) is 11.7 Å². The average molecular weight is 592 g/mol. The van der Waals surface area contributed by atoms with Crippen molar-refractivity contribution >= 4 is 21.9 Å². The van der Waals surface area contributed by atoms with Gasteiger partial charge in [0.25, 0.3) is 0 Å². The molecule has 0 unspecified atom stereocenters. The summed E-state index contributed by atoms with van der Waals surface area (Å²) in [5, 5.41) is 1.74. The third-order valence-corrected chi connectivity index (χ3v) is 10.4. The van der Waals surface area contributed by atoms with Crippen molar-refractivity contribution in [3.05, 3.63) is 89.4 Å². The van der Waals surface area contributed by atoms with E-state index in [4.69, 9.17) is 7.16 Å². The van der Waals surface area contributed by atoms with Crippen LogP contribution in [0.4, 0.5) is 4.39 Å². The molecule has 0 atom stereocenters. The first kappa shape index (κ1) is 25.8. The van der Waals surface area contributed by atoms with Crippen LogP contribution >= 0.6 is 0 Å². The second kappa shape index (κ2) is 12.1. The van der Waals surface area contributed by atoms with E-state index in [2.05, 4.69) is 6.07 Å². The highest BCUT2D eigenvalue weighted by atomic mass is 19.1. The molecule has 0 aliphatic heterocycles. The first-order valence-corrected chi connectivity index (χ1v) is 16.7. The molecule has 7 rings (SSSR count). The van der Waals surface area contributed by atoms with Gasteiger partial charge in [-0.3, -0.25) is 0 Å². The smallest absolute Gasteiger partial charge is 0.216 e. The van der Waals surface area contributed by atoms with E-state index in [9.17, 15) is 1.37 Å². The quantitative estimate of drug-likeness (QED) is 0.180. The maximum absolute atomic E-state index is 15.8. The fourth-order valence-electron chi connectivity index (χ4n) is 8.03. The van der Waals surface area contributed by atoms with Gasteiger partial charge in [0.15, 0.2) is 6.20 Å². The van der Waals surface area contributed by atoms with Gasteiger partial charge in [0.2, 0.25) is 5.69 Å². The van der Waals surface area contributed by atoms with Gasteiger partial charge in [-0.25, -0.2) is 8.96 Å². The number of furan rings is 1. The molecule has 44 heavy (non-hydrogen) atoms. The van der Waals surface area contributed by atoms with Gasteiger partial charge in [-0.2, -0.15) is 0 Å². The highest BCUT2D eigenvalue weighted by molar-refractivity contribution is 6.13. The minimum Gasteiger partial charge on any atom is -0.454 e. The largest absolute Gasteiger partial charge is 0.454 e. The van der Waals surface area contributed by atoms with Gasteiger partial charge in [-0.1, -0.05) is 82.3 Å². The van der Waals surface area contributed by atoms with Crippen LogP contribution in [0.1, 0.15) is 98.3 Å². The summed E-state index contributed by atoms with van der Waals surface area (Å²) in [4.78, 5) is 0. The number of hydrogen-bond acceptors (Lipinski definition) is 1. The Kier molecular flexibility index (Phi) is 7.13. The lowest BCUT2D eigenvalue weighted by atomic mass is 9.70. The molecule has 2 fully saturated rings. The Morgan fingerprint density at radius 3 is 2.20 bits per heavy atom. The molecule has 0 N–H and O–H groups in total. The third kappa shape index (κ3) is 5.48. The molecule has 0 radical (unpaired) electrons. The van der Waals surface area contributed by atoms with Crippen molar-refractivity contribution in [3.63, 3.8) is 0 Å². The number of aromatic nitrogens is 1. The Labute approximate surface area is 266 Å². The zero-order valence-corrected chi connectivity index (χ0v) is 26.7. The molecule has 2 heterocycles. The molecule has 2 saturated carbocycles. The summed E-state index contributed by atoms with van der Waals surface area (Å²) in [6.45, 7) is 5.82. The topological polar surface area (TPSA) is 17.0 Å². The number of fused-ring (bicyclic) bond motifs is 3. The molecule has 2 aliphatic rings. The Morgan fingerprint density at radius 1 is 0.841 bits per heavy atom. The molecule has 2 aliphatic carbocycles. The van der Waals surface area contributed by atoms with Crippen molar-refractivity contribution in [2.24, 2.45) is 24.8 Å². The van der Waals surface area contributed by atoms with Crippen molar-refractivity contribution in [3.8, 4) is 22.4 Å². The third-order valence-electron chi connectivity index (χ3n) is 10.4. The molecular formula is C41H47FNO+. The fraction of sp³-hybridized carbons (Fsp3) is 0.439. The number of pyridine rings is 1. The summed E-state index contributed by atoms with van der Waals surface area (Å²) in [6, 6.07) is 19.2. The van der Waals surface area contributed by atoms with Crippen molar-refractivity contribution in [2.45, 2.75) is 90.8 Å². The van der Waals surface area contributed by atoms with Crippen molar-refractivity contribution in [1.29, 1.82) is 0 Å². The van der Waals surface area contributed by atoms with Gasteiger partial charge in [0.05, 0.1) is 11.1 Å². The summed E-state index contributed by atoms with van der Waals surface area (Å²) in [5.74, 6) is 0.499. The number of halogens is 1. The highest BCUT2D eigenvalue weighted by Gasteiger charge is 2.29. The maximum atomic E-state index is 15.8. The Hall–Kier alpha value is -3.46. The SMILES string of the molecule is [2H]C1(c2ccc(-c3c(F)ccc4c3oc3c(-c5cc(C([2H])([2H])C(C)C)cc[n+]5C)c(C)ccc34)cc2)CCC(C2CCCCC2)CC1. The second-order valence-electron chi connectivity index (χ2n) is 13.7. The highest BCUT2D eigenvalue weighted by Crippen LogP contribution is 2.45. The number of nitrogens with zero attached hydrogens (tertiary/aromatic N) is 1. The monoisotopic (exact) mass is 591 g/mol. The summed E-state index contributed by atoms with van der Waals surface area (Å²) < 4.78 is 51.3. The lowest BCUT2D eigenvalue weighted by Gasteiger charge is -2.36. The van der Waals surface area contributed by atoms with Gasteiger partial charge >= 0.3 is 0 Å². The molecule has 0 bridgehead atoms. The number of benzene rings is 3. The zero-order valence-electron chi connectivity index (χ0n) is 29.7. The maximum Gasteiger partial charge on any atom is 0.216 e. The van der Waals surface area contributed by atoms with Crippen LogP contribution < -0.4 is 4.57 Å². The molecule has 3 heteroatoms. The van der Waals surface area contributed by atoms with Crippen LogP contribution in [-0.4, -0.2) is 0 Å². The fourth-order valence-corrected chi connectivity index (χ4v) is 8.03. The minimum atomic E-state index is -1.49. The predicted octanol–water partition coefficient (Wildman–Crippen LogP) is 11.2. The summed E-state index contributed by atoms with van der Waals surface area (Å²) in [5.41, 5.74) is 6.71. The molecule has 5 aromatic rings. The van der Waals surface area contributed by atoms with Crippen LogP contribution in [0.5, 0.6) is 0 Å². The van der Waals surface area contributed by atoms with Crippen LogP contribution in [0, 0.1) is 30.5 Å². The van der Waals surface area contributed by atoms with Gasteiger partial charge in [-0.15, -0.1) is 0 Å². The minimum absolute atomic E-state index is 0.190. The van der Waals surface area contributed by atoms with Crippen LogP contribution in [-0.2, 0) is 13.4 Å². The number of rotatable bonds is 6. The molecule has 2 aromatic heterocycles. The van der Waals surface area contributed by atoms with E-state index in [0.717, 1.165) is 76.2 Å². The standard InChI is InChI=1S/C41H47FNO/c1-26(2)24-28-22-23-43(4)37(25-28)38-27(3)10-19-34-35-20-21-36(42)39(41(35)44-40(34)38)33-17-15-32(16-18-33)31-13-11-30(12-14-31)29-8-6-5-7-9-29/h10,15-23,25-26,29-31H,5-9,11-14,24H2,1-4H3/q+1/i24D2,31D. The van der Waals surface area contributed by atoms with E-state index < -0.39 is 12.3 Å². The Balaban J connectivity index is 1.26. The van der Waals surface area contributed by atoms with Gasteiger partial charge in [0.1, 0.15) is 24.0 Å². The van der Waals surface area contributed by atoms with Crippen LogP contribution in [0.15, 0.2) is 71.3 Å². The van der Waals surface area contributed by atoms with Crippen molar-refractivity contribution < 1.29 is 17.5 Å². The molecule has 3 aromatic carbocycles. The zero-order chi connectivity index (χ0) is 33.1. The summed E-state index contributed by atoms with van der Waals surface area (Å²) in [6.07, 6.45) is 11.3. The van der Waals surface area contributed by atoms with E-state index in [0.29, 0.717) is 22.3 Å². The van der Waals surface area contributed by atoms with Crippen LogP contribution in [0.25, 0.3) is 44.3 Å². The predicted molar refractivity (Wildman–Crippen MR) is 180 cm³/mol. The molecule has 228 valence electrons. The summed E-state index contributed by atoms with van der Waals surface area (Å²) >= 11 is 0. The van der Waals surface area contributed by atoms with E-state index in [1.165, 1.54) is 38.2 Å². The van der Waals surface area contributed by atoms with Crippen LogP contribution in [0.2, 0.25) is 0 Å². The van der Waals surface area contributed by atoms with Gasteiger partial charge in [0, 0.05) is 27.0 Å². The normalized spacial score (nSPS) is 22.8. The number of hydrogen-bond donors (Lipinski definition) is 0.